The highest BCUT2D eigenvalue weighted by molar-refractivity contribution is 5.94. The monoisotopic (exact) mass is 364 g/mol. The van der Waals surface area contributed by atoms with Gasteiger partial charge in [0, 0.05) is 29.4 Å². The van der Waals surface area contributed by atoms with Gasteiger partial charge in [0.25, 0.3) is 5.91 Å². The Morgan fingerprint density at radius 1 is 1.19 bits per heavy atom. The topological polar surface area (TPSA) is 59.0 Å². The number of benzene rings is 1. The maximum absolute atomic E-state index is 13.0. The summed E-state index contributed by atoms with van der Waals surface area (Å²) in [4.78, 5) is 13.0. The highest BCUT2D eigenvalue weighted by Gasteiger charge is 2.35. The van der Waals surface area contributed by atoms with Crippen LogP contribution in [-0.4, -0.2) is 33.8 Å². The lowest BCUT2D eigenvalue weighted by Crippen LogP contribution is -2.48. The molecule has 0 spiro atoms. The van der Waals surface area contributed by atoms with Crippen LogP contribution < -0.4 is 10.6 Å². The number of rotatable bonds is 4. The van der Waals surface area contributed by atoms with E-state index in [0.717, 1.165) is 49.8 Å². The molecule has 3 aliphatic rings. The van der Waals surface area contributed by atoms with E-state index < -0.39 is 0 Å². The van der Waals surface area contributed by atoms with Gasteiger partial charge in [-0.3, -0.25) is 4.79 Å². The Labute approximate surface area is 160 Å². The first-order valence-corrected chi connectivity index (χ1v) is 10.5. The fourth-order valence-corrected chi connectivity index (χ4v) is 5.14. The maximum Gasteiger partial charge on any atom is 0.272 e. The van der Waals surface area contributed by atoms with Crippen molar-refractivity contribution in [3.8, 4) is 5.69 Å². The van der Waals surface area contributed by atoms with Crippen LogP contribution in [0.15, 0.2) is 24.3 Å². The Morgan fingerprint density at radius 3 is 2.63 bits per heavy atom. The molecule has 0 saturated carbocycles. The zero-order valence-electron chi connectivity index (χ0n) is 16.0. The minimum Gasteiger partial charge on any atom is -0.348 e. The molecule has 2 aromatic rings. The predicted octanol–water partition coefficient (Wildman–Crippen LogP) is 2.94. The molecule has 1 aromatic carbocycles. The number of amides is 1. The van der Waals surface area contributed by atoms with Crippen LogP contribution in [0, 0.1) is 0 Å². The first-order valence-electron chi connectivity index (χ1n) is 10.5. The second kappa shape index (κ2) is 6.79. The minimum absolute atomic E-state index is 0.0170. The number of fused-ring (bicyclic) bond motifs is 3. The lowest BCUT2D eigenvalue weighted by Gasteiger charge is -2.29. The van der Waals surface area contributed by atoms with Crippen LogP contribution in [0.4, 0.5) is 0 Å². The average molecular weight is 364 g/mol. The molecule has 1 aliphatic carbocycles. The van der Waals surface area contributed by atoms with E-state index in [4.69, 9.17) is 5.10 Å². The zero-order valence-corrected chi connectivity index (χ0v) is 16.0. The first kappa shape index (κ1) is 17.0. The molecular formula is C22H28N4O. The van der Waals surface area contributed by atoms with Crippen LogP contribution in [0.25, 0.3) is 5.69 Å². The van der Waals surface area contributed by atoms with Crippen molar-refractivity contribution in [1.82, 2.24) is 20.4 Å². The summed E-state index contributed by atoms with van der Waals surface area (Å²) in [6, 6.07) is 9.99. The van der Waals surface area contributed by atoms with E-state index in [1.807, 2.05) is 4.68 Å². The quantitative estimate of drug-likeness (QED) is 0.877. The third-order valence-corrected chi connectivity index (χ3v) is 6.54. The maximum atomic E-state index is 13.0. The molecule has 1 aromatic heterocycles. The Kier molecular flexibility index (Phi) is 4.27. The molecule has 5 rings (SSSR count). The van der Waals surface area contributed by atoms with Crippen molar-refractivity contribution >= 4 is 5.91 Å². The van der Waals surface area contributed by atoms with Gasteiger partial charge >= 0.3 is 0 Å². The fourth-order valence-electron chi connectivity index (χ4n) is 5.14. The number of hydrogen-bond acceptors (Lipinski definition) is 3. The lowest BCUT2D eigenvalue weighted by molar-refractivity contribution is 0.0917. The number of nitrogens with zero attached hydrogens (tertiary/aromatic N) is 2. The predicted molar refractivity (Wildman–Crippen MR) is 105 cm³/mol. The van der Waals surface area contributed by atoms with Gasteiger partial charge in [0.2, 0.25) is 0 Å². The Bertz CT molecular complexity index is 842. The minimum atomic E-state index is 0.0170. The van der Waals surface area contributed by atoms with Gasteiger partial charge in [-0.25, -0.2) is 4.68 Å². The molecule has 0 radical (unpaired) electrons. The van der Waals surface area contributed by atoms with E-state index in [1.54, 1.807) is 0 Å². The summed E-state index contributed by atoms with van der Waals surface area (Å²) >= 11 is 0. The molecule has 3 heterocycles. The zero-order chi connectivity index (χ0) is 18.4. The molecule has 5 heteroatoms. The highest BCUT2D eigenvalue weighted by Crippen LogP contribution is 2.30. The first-order chi connectivity index (χ1) is 13.2. The summed E-state index contributed by atoms with van der Waals surface area (Å²) in [7, 11) is 0. The van der Waals surface area contributed by atoms with Gasteiger partial charge in [-0.05, 0) is 69.1 Å². The van der Waals surface area contributed by atoms with E-state index in [9.17, 15) is 4.79 Å². The normalized spacial score (nSPS) is 26.2. The summed E-state index contributed by atoms with van der Waals surface area (Å²) in [6.07, 6.45) is 8.68. The van der Waals surface area contributed by atoms with E-state index in [2.05, 4.69) is 41.8 Å². The second-order valence-electron chi connectivity index (χ2n) is 8.34. The molecule has 2 saturated heterocycles. The summed E-state index contributed by atoms with van der Waals surface area (Å²) in [5, 5.41) is 11.7. The van der Waals surface area contributed by atoms with Crippen LogP contribution in [0.5, 0.6) is 0 Å². The number of carbonyl (C=O) groups is 1. The van der Waals surface area contributed by atoms with E-state index >= 15 is 0 Å². The van der Waals surface area contributed by atoms with Gasteiger partial charge in [-0.1, -0.05) is 19.1 Å². The fraction of sp³-hybridized carbons (Fsp3) is 0.545. The van der Waals surface area contributed by atoms with Crippen LogP contribution in [-0.2, 0) is 19.3 Å². The van der Waals surface area contributed by atoms with Gasteiger partial charge in [0.1, 0.15) is 0 Å². The number of carbonyl (C=O) groups excluding carboxylic acids is 1. The highest BCUT2D eigenvalue weighted by atomic mass is 16.2. The van der Waals surface area contributed by atoms with Crippen molar-refractivity contribution in [2.24, 2.45) is 0 Å². The van der Waals surface area contributed by atoms with Crippen molar-refractivity contribution in [2.45, 2.75) is 76.4 Å². The van der Waals surface area contributed by atoms with Gasteiger partial charge in [0.15, 0.2) is 5.69 Å². The third kappa shape index (κ3) is 3.08. The third-order valence-electron chi connectivity index (χ3n) is 6.54. The molecule has 5 nitrogen and oxygen atoms in total. The molecule has 142 valence electrons. The number of hydrogen-bond donors (Lipinski definition) is 2. The van der Waals surface area contributed by atoms with E-state index in [1.165, 1.54) is 24.1 Å². The van der Waals surface area contributed by atoms with E-state index in [-0.39, 0.29) is 11.9 Å². The molecule has 27 heavy (non-hydrogen) atoms. The van der Waals surface area contributed by atoms with E-state index in [0.29, 0.717) is 17.8 Å². The summed E-state index contributed by atoms with van der Waals surface area (Å²) < 4.78 is 2.00. The molecule has 2 N–H and O–H groups in total. The standard InChI is InChI=1S/C22H28N4O/c1-2-14-6-10-18(11-7-14)26-20-5-3-4-19(20)21(25-26)22(27)24-17-12-15-8-9-16(13-17)23-15/h6-7,10-11,15-17,23H,2-5,8-9,12-13H2,1H3,(H,24,27). The van der Waals surface area contributed by atoms with Gasteiger partial charge in [-0.2, -0.15) is 5.10 Å². The summed E-state index contributed by atoms with van der Waals surface area (Å²) in [5.41, 5.74) is 5.40. The van der Waals surface area contributed by atoms with Crippen LogP contribution >= 0.6 is 0 Å². The molecular weight excluding hydrogens is 336 g/mol. The smallest absolute Gasteiger partial charge is 0.272 e. The van der Waals surface area contributed by atoms with Crippen molar-refractivity contribution in [2.75, 3.05) is 0 Å². The number of piperidine rings is 1. The number of nitrogens with one attached hydrogen (secondary N) is 2. The number of aromatic nitrogens is 2. The van der Waals surface area contributed by atoms with Gasteiger partial charge in [0.05, 0.1) is 5.69 Å². The largest absolute Gasteiger partial charge is 0.348 e. The van der Waals surface area contributed by atoms with Crippen LogP contribution in [0.2, 0.25) is 0 Å². The molecule has 1 amide bonds. The molecule has 2 aliphatic heterocycles. The average Bonchev–Trinajstić information content (AvgIpc) is 3.37. The van der Waals surface area contributed by atoms with Crippen LogP contribution in [0.3, 0.4) is 0 Å². The molecule has 2 unspecified atom stereocenters. The molecule has 2 fully saturated rings. The van der Waals surface area contributed by atoms with Crippen molar-refractivity contribution < 1.29 is 4.79 Å². The van der Waals surface area contributed by atoms with Crippen molar-refractivity contribution in [3.05, 3.63) is 46.8 Å². The van der Waals surface area contributed by atoms with Crippen LogP contribution in [0.1, 0.15) is 66.3 Å². The van der Waals surface area contributed by atoms with Gasteiger partial charge < -0.3 is 10.6 Å². The lowest BCUT2D eigenvalue weighted by atomic mass is 9.99. The summed E-state index contributed by atoms with van der Waals surface area (Å²) in [5.74, 6) is 0.0170. The summed E-state index contributed by atoms with van der Waals surface area (Å²) in [6.45, 7) is 2.16. The Morgan fingerprint density at radius 2 is 1.93 bits per heavy atom. The Balaban J connectivity index is 1.40. The number of aryl methyl sites for hydroxylation is 1. The Hall–Kier alpha value is -2.14. The van der Waals surface area contributed by atoms with Crippen molar-refractivity contribution in [1.29, 1.82) is 0 Å². The molecule has 2 bridgehead atoms. The molecule has 2 atom stereocenters. The van der Waals surface area contributed by atoms with Crippen molar-refractivity contribution in [3.63, 3.8) is 0 Å². The SMILES string of the molecule is CCc1ccc(-n2nc(C(=O)NC3CC4CCC(C3)N4)c3c2CCC3)cc1. The second-order valence-corrected chi connectivity index (χ2v) is 8.34. The van der Waals surface area contributed by atoms with Gasteiger partial charge in [-0.15, -0.1) is 0 Å².